The first-order valence-electron chi connectivity index (χ1n) is 5.05. The molecule has 0 atom stereocenters. The van der Waals surface area contributed by atoms with E-state index in [1.165, 1.54) is 13.0 Å². The predicted molar refractivity (Wildman–Crippen MR) is 64.5 cm³/mol. The van der Waals surface area contributed by atoms with Crippen LogP contribution in [0.4, 0.5) is 4.39 Å². The number of hydrogen-bond acceptors (Lipinski definition) is 3. The van der Waals surface area contributed by atoms with E-state index in [0.717, 1.165) is 6.07 Å². The van der Waals surface area contributed by atoms with Gasteiger partial charge in [-0.25, -0.2) is 4.39 Å². The van der Waals surface area contributed by atoms with Crippen LogP contribution in [0.15, 0.2) is 12.1 Å². The highest BCUT2D eigenvalue weighted by Gasteiger charge is 2.13. The fourth-order valence-electron chi connectivity index (χ4n) is 1.29. The lowest BCUT2D eigenvalue weighted by Gasteiger charge is -2.09. The van der Waals surface area contributed by atoms with Crippen LogP contribution in [0.2, 0.25) is 0 Å². The van der Waals surface area contributed by atoms with Crippen LogP contribution in [0.3, 0.4) is 0 Å². The number of rotatable bonds is 4. The number of Topliss-reactive ketones (excluding diaryl/α,β-unsaturated/α-hetero) is 1. The Morgan fingerprint density at radius 2 is 2.12 bits per heavy atom. The largest absolute Gasteiger partial charge is 0.507 e. The van der Waals surface area contributed by atoms with Gasteiger partial charge in [-0.05, 0) is 24.3 Å². The van der Waals surface area contributed by atoms with Crippen molar-refractivity contribution >= 4 is 17.5 Å². The summed E-state index contributed by atoms with van der Waals surface area (Å²) in [6.07, 6.45) is 0. The highest BCUT2D eigenvalue weighted by Crippen LogP contribution is 2.29. The normalized spacial score (nSPS) is 10.8. The smallest absolute Gasteiger partial charge is 0.163 e. The molecule has 0 aromatic heterocycles. The molecule has 0 bridgehead atoms. The van der Waals surface area contributed by atoms with Crippen LogP contribution in [0.25, 0.3) is 0 Å². The summed E-state index contributed by atoms with van der Waals surface area (Å²) in [4.78, 5) is 11.2. The van der Waals surface area contributed by atoms with Crippen molar-refractivity contribution in [2.45, 2.75) is 31.8 Å². The van der Waals surface area contributed by atoms with E-state index in [4.69, 9.17) is 0 Å². The Balaban J connectivity index is 3.04. The van der Waals surface area contributed by atoms with Gasteiger partial charge in [0.25, 0.3) is 0 Å². The Morgan fingerprint density at radius 1 is 1.50 bits per heavy atom. The van der Waals surface area contributed by atoms with Gasteiger partial charge in [-0.1, -0.05) is 13.8 Å². The second-order valence-corrected chi connectivity index (χ2v) is 5.44. The van der Waals surface area contributed by atoms with Gasteiger partial charge in [0, 0.05) is 11.3 Å². The lowest BCUT2D eigenvalue weighted by Crippen LogP contribution is -1.98. The van der Waals surface area contributed by atoms with Crippen molar-refractivity contribution in [1.82, 2.24) is 0 Å². The van der Waals surface area contributed by atoms with Crippen LogP contribution >= 0.6 is 11.8 Å². The number of benzene rings is 1. The lowest BCUT2D eigenvalue weighted by molar-refractivity contribution is 0.101. The van der Waals surface area contributed by atoms with E-state index in [-0.39, 0.29) is 17.1 Å². The van der Waals surface area contributed by atoms with Crippen molar-refractivity contribution in [3.8, 4) is 5.75 Å². The molecule has 0 aliphatic heterocycles. The molecule has 1 N–H and O–H groups in total. The topological polar surface area (TPSA) is 37.3 Å². The van der Waals surface area contributed by atoms with Crippen LogP contribution in [0.5, 0.6) is 5.75 Å². The highest BCUT2D eigenvalue weighted by molar-refractivity contribution is 7.99. The third kappa shape index (κ3) is 3.23. The minimum absolute atomic E-state index is 0.0550. The van der Waals surface area contributed by atoms with E-state index in [2.05, 4.69) is 0 Å². The molecule has 0 radical (unpaired) electrons. The summed E-state index contributed by atoms with van der Waals surface area (Å²) in [5.41, 5.74) is 0.531. The van der Waals surface area contributed by atoms with Gasteiger partial charge in [0.05, 0.1) is 5.56 Å². The SMILES string of the molecule is CC(=O)c1cc(F)cc(CSC(C)C)c1O. The summed E-state index contributed by atoms with van der Waals surface area (Å²) in [5, 5.41) is 10.2. The average Bonchev–Trinajstić information content (AvgIpc) is 2.18. The van der Waals surface area contributed by atoms with Crippen LogP contribution < -0.4 is 0 Å². The molecule has 0 amide bonds. The highest BCUT2D eigenvalue weighted by atomic mass is 32.2. The van der Waals surface area contributed by atoms with Gasteiger partial charge in [0.15, 0.2) is 5.78 Å². The summed E-state index contributed by atoms with van der Waals surface area (Å²) in [6.45, 7) is 5.35. The molecule has 0 spiro atoms. The number of ketones is 1. The first-order chi connectivity index (χ1) is 7.41. The van der Waals surface area contributed by atoms with Crippen molar-refractivity contribution in [3.63, 3.8) is 0 Å². The Morgan fingerprint density at radius 3 is 2.62 bits per heavy atom. The van der Waals surface area contributed by atoms with E-state index in [1.807, 2.05) is 13.8 Å². The maximum absolute atomic E-state index is 13.2. The monoisotopic (exact) mass is 242 g/mol. The number of carbonyl (C=O) groups excluding carboxylic acids is 1. The molecule has 0 unspecified atom stereocenters. The van der Waals surface area contributed by atoms with Gasteiger partial charge in [-0.15, -0.1) is 0 Å². The standard InChI is InChI=1S/C12H15FO2S/c1-7(2)16-6-9-4-10(13)5-11(8(3)14)12(9)15/h4-5,7,15H,6H2,1-3H3. The van der Waals surface area contributed by atoms with Gasteiger partial charge in [-0.2, -0.15) is 11.8 Å². The van der Waals surface area contributed by atoms with E-state index < -0.39 is 5.82 Å². The molecular formula is C12H15FO2S. The number of aromatic hydroxyl groups is 1. The van der Waals surface area contributed by atoms with Crippen LogP contribution in [0.1, 0.15) is 36.7 Å². The average molecular weight is 242 g/mol. The molecule has 1 rings (SSSR count). The fraction of sp³-hybridized carbons (Fsp3) is 0.417. The number of halogens is 1. The Bertz CT molecular complexity index is 402. The van der Waals surface area contributed by atoms with Gasteiger partial charge in [0.2, 0.25) is 0 Å². The Hall–Kier alpha value is -1.03. The van der Waals surface area contributed by atoms with Gasteiger partial charge in [0.1, 0.15) is 11.6 Å². The van der Waals surface area contributed by atoms with Crippen molar-refractivity contribution < 1.29 is 14.3 Å². The zero-order valence-corrected chi connectivity index (χ0v) is 10.4. The third-order valence-corrected chi connectivity index (χ3v) is 3.25. The van der Waals surface area contributed by atoms with E-state index in [1.54, 1.807) is 11.8 Å². The third-order valence-electron chi connectivity index (χ3n) is 2.11. The molecule has 4 heteroatoms. The molecule has 0 fully saturated rings. The molecule has 1 aromatic carbocycles. The Kier molecular flexibility index (Phi) is 4.35. The van der Waals surface area contributed by atoms with Crippen molar-refractivity contribution in [1.29, 1.82) is 0 Å². The van der Waals surface area contributed by atoms with Crippen molar-refractivity contribution in [2.75, 3.05) is 0 Å². The van der Waals surface area contributed by atoms with Gasteiger partial charge < -0.3 is 5.11 Å². The summed E-state index contributed by atoms with van der Waals surface area (Å²) in [7, 11) is 0. The molecular weight excluding hydrogens is 227 g/mol. The Labute approximate surface area is 98.9 Å². The van der Waals surface area contributed by atoms with E-state index in [0.29, 0.717) is 16.6 Å². The minimum atomic E-state index is -0.484. The summed E-state index contributed by atoms with van der Waals surface area (Å²) >= 11 is 1.59. The molecule has 0 saturated carbocycles. The molecule has 0 heterocycles. The first-order valence-corrected chi connectivity index (χ1v) is 6.10. The summed E-state index contributed by atoms with van der Waals surface area (Å²) < 4.78 is 13.2. The summed E-state index contributed by atoms with van der Waals surface area (Å²) in [5.74, 6) is -0.404. The second-order valence-electron chi connectivity index (χ2n) is 3.88. The predicted octanol–water partition coefficient (Wildman–Crippen LogP) is 3.38. The maximum Gasteiger partial charge on any atom is 0.163 e. The van der Waals surface area contributed by atoms with Gasteiger partial charge >= 0.3 is 0 Å². The number of carbonyl (C=O) groups is 1. The molecule has 16 heavy (non-hydrogen) atoms. The quantitative estimate of drug-likeness (QED) is 0.822. The number of hydrogen-bond donors (Lipinski definition) is 1. The maximum atomic E-state index is 13.2. The second kappa shape index (κ2) is 5.34. The summed E-state index contributed by atoms with van der Waals surface area (Å²) in [6, 6.07) is 2.35. The van der Waals surface area contributed by atoms with Gasteiger partial charge in [-0.3, -0.25) is 4.79 Å². The molecule has 88 valence electrons. The minimum Gasteiger partial charge on any atom is -0.507 e. The van der Waals surface area contributed by atoms with Crippen LogP contribution in [0, 0.1) is 5.82 Å². The number of thioether (sulfide) groups is 1. The van der Waals surface area contributed by atoms with Crippen molar-refractivity contribution in [3.05, 3.63) is 29.1 Å². The fourth-order valence-corrected chi connectivity index (χ4v) is 2.02. The number of phenolic OH excluding ortho intramolecular Hbond substituents is 1. The molecule has 0 saturated heterocycles. The van der Waals surface area contributed by atoms with Crippen molar-refractivity contribution in [2.24, 2.45) is 0 Å². The number of phenols is 1. The molecule has 0 aliphatic carbocycles. The van der Waals surface area contributed by atoms with E-state index in [9.17, 15) is 14.3 Å². The van der Waals surface area contributed by atoms with E-state index >= 15 is 0 Å². The molecule has 2 nitrogen and oxygen atoms in total. The first kappa shape index (κ1) is 13.0. The zero-order chi connectivity index (χ0) is 12.3. The molecule has 1 aromatic rings. The molecule has 0 aliphatic rings. The lowest BCUT2D eigenvalue weighted by atomic mass is 10.1. The van der Waals surface area contributed by atoms with Crippen LogP contribution in [-0.4, -0.2) is 16.1 Å². The van der Waals surface area contributed by atoms with Crippen LogP contribution in [-0.2, 0) is 5.75 Å². The zero-order valence-electron chi connectivity index (χ0n) is 9.58.